The van der Waals surface area contributed by atoms with Gasteiger partial charge in [0.05, 0.1) is 0 Å². The van der Waals surface area contributed by atoms with Crippen LogP contribution in [0.4, 0.5) is 13.2 Å². The van der Waals surface area contributed by atoms with Gasteiger partial charge in [-0.2, -0.15) is 0 Å². The van der Waals surface area contributed by atoms with Crippen molar-refractivity contribution in [2.24, 2.45) is 0 Å². The molecule has 4 nitrogen and oxygen atoms in total. The number of hydrogen-bond acceptors (Lipinski definition) is 2. The number of H-pyrrole nitrogens is 1. The number of hydrogen-bond donors (Lipinski definition) is 2. The predicted molar refractivity (Wildman–Crippen MR) is 77.4 cm³/mol. The first kappa shape index (κ1) is 15.0. The van der Waals surface area contributed by atoms with Crippen molar-refractivity contribution < 1.29 is 27.8 Å². The van der Waals surface area contributed by atoms with Crippen LogP contribution >= 0.6 is 0 Å². The minimum absolute atomic E-state index is 0.0751. The van der Waals surface area contributed by atoms with Crippen LogP contribution in [-0.4, -0.2) is 22.4 Å². The van der Waals surface area contributed by atoms with E-state index >= 15 is 0 Å². The highest BCUT2D eigenvalue weighted by molar-refractivity contribution is 5.95. The lowest BCUT2D eigenvalue weighted by Crippen LogP contribution is -2.16. The molecule has 2 N–H and O–H groups in total. The summed E-state index contributed by atoms with van der Waals surface area (Å²) in [4.78, 5) is 13.7. The lowest BCUT2D eigenvalue weighted by Gasteiger charge is -2.09. The topological polar surface area (TPSA) is 62.3 Å². The van der Waals surface area contributed by atoms with Crippen molar-refractivity contribution in [2.45, 2.75) is 6.36 Å². The maximum Gasteiger partial charge on any atom is 0.573 e. The zero-order valence-corrected chi connectivity index (χ0v) is 11.5. The van der Waals surface area contributed by atoms with Gasteiger partial charge in [0.1, 0.15) is 11.4 Å². The van der Waals surface area contributed by atoms with Gasteiger partial charge in [-0.15, -0.1) is 13.2 Å². The first-order chi connectivity index (χ1) is 10.8. The number of rotatable bonds is 3. The first-order valence-corrected chi connectivity index (χ1v) is 6.54. The molecule has 0 amide bonds. The van der Waals surface area contributed by atoms with E-state index in [1.807, 2.05) is 0 Å². The Morgan fingerprint density at radius 2 is 1.65 bits per heavy atom. The van der Waals surface area contributed by atoms with E-state index in [1.54, 1.807) is 18.2 Å². The second-order valence-electron chi connectivity index (χ2n) is 4.86. The minimum atomic E-state index is -4.72. The first-order valence-electron chi connectivity index (χ1n) is 6.54. The number of benzene rings is 2. The van der Waals surface area contributed by atoms with E-state index in [1.165, 1.54) is 30.3 Å². The Bertz CT molecular complexity index is 866. The lowest BCUT2D eigenvalue weighted by atomic mass is 10.0. The third-order valence-corrected chi connectivity index (χ3v) is 3.27. The summed E-state index contributed by atoms with van der Waals surface area (Å²) in [5, 5.41) is 9.66. The molecule has 1 aromatic heterocycles. The number of alkyl halides is 3. The Kier molecular flexibility index (Phi) is 3.48. The van der Waals surface area contributed by atoms with Crippen LogP contribution in [0.5, 0.6) is 5.75 Å². The van der Waals surface area contributed by atoms with Crippen LogP contribution in [0, 0.1) is 0 Å². The molecule has 0 aliphatic rings. The quantitative estimate of drug-likeness (QED) is 0.750. The molecule has 7 heteroatoms. The van der Waals surface area contributed by atoms with Crippen molar-refractivity contribution in [1.29, 1.82) is 0 Å². The van der Waals surface area contributed by atoms with Crippen LogP contribution in [0.2, 0.25) is 0 Å². The summed E-state index contributed by atoms with van der Waals surface area (Å²) in [6.45, 7) is 0. The Balaban J connectivity index is 1.92. The Morgan fingerprint density at radius 1 is 1.00 bits per heavy atom. The van der Waals surface area contributed by atoms with Gasteiger partial charge in [0, 0.05) is 10.9 Å². The zero-order valence-electron chi connectivity index (χ0n) is 11.5. The minimum Gasteiger partial charge on any atom is -0.477 e. The molecule has 0 bridgehead atoms. The summed E-state index contributed by atoms with van der Waals surface area (Å²) in [7, 11) is 0. The fourth-order valence-corrected chi connectivity index (χ4v) is 2.28. The molecular formula is C16H10F3NO3. The number of nitrogens with one attached hydrogen (secondary N) is 1. The summed E-state index contributed by atoms with van der Waals surface area (Å²) in [6, 6.07) is 12.2. The Labute approximate surface area is 128 Å². The largest absolute Gasteiger partial charge is 0.573 e. The van der Waals surface area contributed by atoms with Crippen LogP contribution in [0.1, 0.15) is 10.5 Å². The van der Waals surface area contributed by atoms with Crippen molar-refractivity contribution in [3.05, 3.63) is 54.2 Å². The number of fused-ring (bicyclic) bond motifs is 1. The smallest absolute Gasteiger partial charge is 0.477 e. The number of aromatic amines is 1. The SMILES string of the molecule is O=C(O)c1cc2cc(-c3ccc(OC(F)(F)F)cc3)ccc2[nH]1. The molecule has 0 saturated carbocycles. The molecular weight excluding hydrogens is 311 g/mol. The molecule has 0 spiro atoms. The number of halogens is 3. The molecule has 118 valence electrons. The fourth-order valence-electron chi connectivity index (χ4n) is 2.28. The van der Waals surface area contributed by atoms with Crippen LogP contribution in [0.15, 0.2) is 48.5 Å². The second-order valence-corrected chi connectivity index (χ2v) is 4.86. The Hall–Kier alpha value is -2.96. The number of aromatic carboxylic acids is 1. The molecule has 2 aromatic carbocycles. The van der Waals surface area contributed by atoms with Crippen LogP contribution in [0.3, 0.4) is 0 Å². The normalized spacial score (nSPS) is 11.6. The summed E-state index contributed by atoms with van der Waals surface area (Å²) in [6.07, 6.45) is -4.72. The van der Waals surface area contributed by atoms with E-state index in [0.29, 0.717) is 16.5 Å². The summed E-state index contributed by atoms with van der Waals surface area (Å²) < 4.78 is 40.2. The molecule has 3 aromatic rings. The number of aromatic nitrogens is 1. The highest BCUT2D eigenvalue weighted by Gasteiger charge is 2.30. The molecule has 0 aliphatic carbocycles. The van der Waals surface area contributed by atoms with Gasteiger partial charge in [-0.05, 0) is 41.5 Å². The summed E-state index contributed by atoms with van der Waals surface area (Å²) >= 11 is 0. The number of ether oxygens (including phenoxy) is 1. The molecule has 0 unspecified atom stereocenters. The van der Waals surface area contributed by atoms with E-state index in [9.17, 15) is 18.0 Å². The van der Waals surface area contributed by atoms with Crippen LogP contribution in [-0.2, 0) is 0 Å². The van der Waals surface area contributed by atoms with Gasteiger partial charge in [-0.3, -0.25) is 0 Å². The molecule has 0 aliphatic heterocycles. The van der Waals surface area contributed by atoms with Crippen LogP contribution < -0.4 is 4.74 Å². The van der Waals surface area contributed by atoms with Gasteiger partial charge >= 0.3 is 12.3 Å². The predicted octanol–water partition coefficient (Wildman–Crippen LogP) is 4.43. The van der Waals surface area contributed by atoms with Crippen molar-refractivity contribution in [1.82, 2.24) is 4.98 Å². The molecule has 0 atom stereocenters. The molecule has 3 rings (SSSR count). The van der Waals surface area contributed by atoms with Crippen LogP contribution in [0.25, 0.3) is 22.0 Å². The highest BCUT2D eigenvalue weighted by atomic mass is 19.4. The monoisotopic (exact) mass is 321 g/mol. The average Bonchev–Trinajstić information content (AvgIpc) is 2.89. The van der Waals surface area contributed by atoms with E-state index in [-0.39, 0.29) is 11.4 Å². The second kappa shape index (κ2) is 5.35. The maximum absolute atomic E-state index is 12.1. The van der Waals surface area contributed by atoms with Gasteiger partial charge in [0.25, 0.3) is 0 Å². The molecule has 0 saturated heterocycles. The van der Waals surface area contributed by atoms with Crippen molar-refractivity contribution >= 4 is 16.9 Å². The van der Waals surface area contributed by atoms with E-state index in [4.69, 9.17) is 5.11 Å². The van der Waals surface area contributed by atoms with Crippen molar-refractivity contribution in [2.75, 3.05) is 0 Å². The van der Waals surface area contributed by atoms with E-state index in [0.717, 1.165) is 5.56 Å². The van der Waals surface area contributed by atoms with Gasteiger partial charge in [-0.1, -0.05) is 18.2 Å². The number of carboxylic acid groups (broad SMARTS) is 1. The third kappa shape index (κ3) is 3.28. The van der Waals surface area contributed by atoms with Crippen molar-refractivity contribution in [3.63, 3.8) is 0 Å². The summed E-state index contributed by atoms with van der Waals surface area (Å²) in [5.41, 5.74) is 2.20. The van der Waals surface area contributed by atoms with Gasteiger partial charge < -0.3 is 14.8 Å². The van der Waals surface area contributed by atoms with Gasteiger partial charge in [-0.25, -0.2) is 4.79 Å². The number of carbonyl (C=O) groups is 1. The maximum atomic E-state index is 12.1. The molecule has 1 heterocycles. The zero-order chi connectivity index (χ0) is 16.6. The highest BCUT2D eigenvalue weighted by Crippen LogP contribution is 2.28. The lowest BCUT2D eigenvalue weighted by molar-refractivity contribution is -0.274. The average molecular weight is 321 g/mol. The molecule has 23 heavy (non-hydrogen) atoms. The van der Waals surface area contributed by atoms with Gasteiger partial charge in [0.2, 0.25) is 0 Å². The van der Waals surface area contributed by atoms with E-state index < -0.39 is 12.3 Å². The summed E-state index contributed by atoms with van der Waals surface area (Å²) in [5.74, 6) is -1.35. The van der Waals surface area contributed by atoms with Gasteiger partial charge in [0.15, 0.2) is 0 Å². The standard InChI is InChI=1S/C16H10F3NO3/c17-16(18,19)23-12-4-1-9(2-5-12)10-3-6-13-11(7-10)8-14(20-13)15(21)22/h1-8,20H,(H,21,22). The molecule has 0 radical (unpaired) electrons. The molecule has 0 fully saturated rings. The van der Waals surface area contributed by atoms with E-state index in [2.05, 4.69) is 9.72 Å². The third-order valence-electron chi connectivity index (χ3n) is 3.27. The Morgan fingerprint density at radius 3 is 2.26 bits per heavy atom. The number of carboxylic acids is 1. The fraction of sp³-hybridized carbons (Fsp3) is 0.0625. The van der Waals surface area contributed by atoms with Crippen molar-refractivity contribution in [3.8, 4) is 16.9 Å².